The van der Waals surface area contributed by atoms with Crippen molar-refractivity contribution in [2.45, 2.75) is 38.0 Å². The summed E-state index contributed by atoms with van der Waals surface area (Å²) in [5.74, 6) is 1.19. The highest BCUT2D eigenvalue weighted by molar-refractivity contribution is 5.90. The summed E-state index contributed by atoms with van der Waals surface area (Å²) in [6.07, 6.45) is 5.39. The molecule has 5 heteroatoms. The van der Waals surface area contributed by atoms with E-state index in [0.717, 1.165) is 18.5 Å². The number of hydrogen-bond donors (Lipinski definition) is 1. The zero-order valence-corrected chi connectivity index (χ0v) is 15.1. The van der Waals surface area contributed by atoms with Gasteiger partial charge in [-0.15, -0.1) is 0 Å². The Labute approximate surface area is 159 Å². The summed E-state index contributed by atoms with van der Waals surface area (Å²) >= 11 is 0. The van der Waals surface area contributed by atoms with Crippen LogP contribution in [0.2, 0.25) is 0 Å². The Morgan fingerprint density at radius 1 is 0.963 bits per heavy atom. The summed E-state index contributed by atoms with van der Waals surface area (Å²) < 4.78 is 0. The van der Waals surface area contributed by atoms with E-state index in [4.69, 9.17) is 14.9 Å². The lowest BCUT2D eigenvalue weighted by Gasteiger charge is -2.28. The number of hydrogen-bond acceptors (Lipinski definition) is 4. The predicted molar refractivity (Wildman–Crippen MR) is 101 cm³/mol. The lowest BCUT2D eigenvalue weighted by atomic mass is 9.77. The molecule has 1 N–H and O–H groups in total. The van der Waals surface area contributed by atoms with E-state index in [-0.39, 0.29) is 12.1 Å². The maximum atomic E-state index is 12.2. The third-order valence-electron chi connectivity index (χ3n) is 4.89. The quantitative estimate of drug-likeness (QED) is 0.879. The average molecular weight is 362 g/mol. The van der Waals surface area contributed by atoms with E-state index in [1.807, 2.05) is 0 Å². The maximum Gasteiger partial charge on any atom is 0.373 e. The van der Waals surface area contributed by atoms with Gasteiger partial charge in [-0.05, 0) is 67.3 Å². The molecule has 5 nitrogen and oxygen atoms in total. The van der Waals surface area contributed by atoms with Crippen LogP contribution in [0.15, 0.2) is 54.6 Å². The fourth-order valence-electron chi connectivity index (χ4n) is 3.53. The van der Waals surface area contributed by atoms with Crippen LogP contribution in [0.4, 0.5) is 5.69 Å². The second-order valence-electron chi connectivity index (χ2n) is 6.65. The summed E-state index contributed by atoms with van der Waals surface area (Å²) in [6, 6.07) is 19.8. The lowest BCUT2D eigenvalue weighted by Crippen LogP contribution is -2.20. The Bertz CT molecular complexity index is 796. The smallest absolute Gasteiger partial charge is 0.326 e. The number of amides is 1. The van der Waals surface area contributed by atoms with Gasteiger partial charge in [0.25, 0.3) is 0 Å². The molecule has 0 aromatic heterocycles. The molecule has 0 radical (unpaired) electrons. The topological polar surface area (TPSA) is 87.0 Å². The van der Waals surface area contributed by atoms with Crippen molar-refractivity contribution in [1.29, 1.82) is 5.26 Å². The standard InChI is InChI=1S/C21H22N2O.CO2/c22-15-17-8-12-20(13-9-17)23-21(24)14-16-6-10-19(11-7-16)18-4-2-1-3-5-18;2-1-3/h1-5,8-9,12-13,16,19H,6-7,10-11,14H2,(H,23,24);. The SMILES string of the molecule is N#Cc1ccc(NC(=O)CC2CCC(c3ccccc3)CC2)cc1.O=C=O. The number of anilines is 1. The van der Waals surface area contributed by atoms with Gasteiger partial charge in [-0.2, -0.15) is 14.9 Å². The number of rotatable bonds is 4. The minimum absolute atomic E-state index is 0.0721. The molecule has 1 fully saturated rings. The van der Waals surface area contributed by atoms with E-state index in [1.165, 1.54) is 18.4 Å². The van der Waals surface area contributed by atoms with Gasteiger partial charge in [-0.25, -0.2) is 0 Å². The molecule has 0 heterocycles. The molecule has 0 saturated heterocycles. The van der Waals surface area contributed by atoms with E-state index in [9.17, 15) is 4.79 Å². The molecule has 1 amide bonds. The van der Waals surface area contributed by atoms with Crippen LogP contribution in [-0.2, 0) is 14.4 Å². The minimum Gasteiger partial charge on any atom is -0.326 e. The number of nitriles is 1. The number of nitrogens with one attached hydrogen (secondary N) is 1. The summed E-state index contributed by atoms with van der Waals surface area (Å²) in [4.78, 5) is 28.5. The zero-order valence-electron chi connectivity index (χ0n) is 15.1. The third-order valence-corrected chi connectivity index (χ3v) is 4.89. The number of nitrogens with zero attached hydrogens (tertiary/aromatic N) is 1. The van der Waals surface area contributed by atoms with Crippen LogP contribution in [-0.4, -0.2) is 12.1 Å². The molecule has 3 rings (SSSR count). The molecule has 138 valence electrons. The molecule has 2 aromatic carbocycles. The Morgan fingerprint density at radius 3 is 2.11 bits per heavy atom. The second-order valence-corrected chi connectivity index (χ2v) is 6.65. The highest BCUT2D eigenvalue weighted by Gasteiger charge is 2.23. The molecule has 0 atom stereocenters. The van der Waals surface area contributed by atoms with Gasteiger partial charge >= 0.3 is 6.15 Å². The highest BCUT2D eigenvalue weighted by atomic mass is 16.2. The highest BCUT2D eigenvalue weighted by Crippen LogP contribution is 2.37. The molecule has 1 aliphatic carbocycles. The second kappa shape index (κ2) is 10.7. The van der Waals surface area contributed by atoms with Crippen LogP contribution < -0.4 is 5.32 Å². The van der Waals surface area contributed by atoms with E-state index < -0.39 is 0 Å². The van der Waals surface area contributed by atoms with Crippen LogP contribution in [0.3, 0.4) is 0 Å². The molecule has 1 aliphatic rings. The van der Waals surface area contributed by atoms with Crippen LogP contribution in [0, 0.1) is 17.2 Å². The minimum atomic E-state index is 0.0721. The van der Waals surface area contributed by atoms with E-state index in [0.29, 0.717) is 23.8 Å². The number of carbonyl (C=O) groups excluding carboxylic acids is 3. The van der Waals surface area contributed by atoms with E-state index in [2.05, 4.69) is 41.7 Å². The largest absolute Gasteiger partial charge is 0.373 e. The first-order chi connectivity index (χ1) is 13.2. The zero-order chi connectivity index (χ0) is 19.5. The van der Waals surface area contributed by atoms with Crippen molar-refractivity contribution in [3.63, 3.8) is 0 Å². The molecule has 0 spiro atoms. The van der Waals surface area contributed by atoms with Gasteiger partial charge in [0.2, 0.25) is 5.91 Å². The molecule has 0 unspecified atom stereocenters. The van der Waals surface area contributed by atoms with Crippen molar-refractivity contribution in [2.75, 3.05) is 5.32 Å². The first-order valence-corrected chi connectivity index (χ1v) is 9.00. The first-order valence-electron chi connectivity index (χ1n) is 9.00. The summed E-state index contributed by atoms with van der Waals surface area (Å²) in [6.45, 7) is 0. The Hall–Kier alpha value is -3.22. The van der Waals surface area contributed by atoms with Gasteiger partial charge in [0.15, 0.2) is 0 Å². The normalized spacial score (nSPS) is 18.2. The van der Waals surface area contributed by atoms with E-state index >= 15 is 0 Å². The maximum absolute atomic E-state index is 12.2. The summed E-state index contributed by atoms with van der Waals surface area (Å²) in [5.41, 5.74) is 2.79. The van der Waals surface area contributed by atoms with Crippen molar-refractivity contribution in [2.24, 2.45) is 5.92 Å². The van der Waals surface area contributed by atoms with Gasteiger partial charge in [0, 0.05) is 12.1 Å². The molecule has 2 aromatic rings. The van der Waals surface area contributed by atoms with Gasteiger partial charge in [-0.3, -0.25) is 4.79 Å². The number of carbonyl (C=O) groups is 1. The number of benzene rings is 2. The molecular weight excluding hydrogens is 340 g/mol. The van der Waals surface area contributed by atoms with Gasteiger partial charge < -0.3 is 5.32 Å². The van der Waals surface area contributed by atoms with Gasteiger partial charge in [0.05, 0.1) is 11.6 Å². The molecule has 0 bridgehead atoms. The fraction of sp³-hybridized carbons (Fsp3) is 0.318. The van der Waals surface area contributed by atoms with Gasteiger partial charge in [0.1, 0.15) is 0 Å². The molecule has 27 heavy (non-hydrogen) atoms. The molecule has 1 saturated carbocycles. The average Bonchev–Trinajstić information content (AvgIpc) is 2.70. The fourth-order valence-corrected chi connectivity index (χ4v) is 3.53. The van der Waals surface area contributed by atoms with Crippen molar-refractivity contribution >= 4 is 17.7 Å². The first kappa shape index (κ1) is 20.1. The lowest BCUT2D eigenvalue weighted by molar-refractivity contribution is -0.191. The monoisotopic (exact) mass is 362 g/mol. The summed E-state index contributed by atoms with van der Waals surface area (Å²) in [7, 11) is 0. The molecule has 0 aliphatic heterocycles. The van der Waals surface area contributed by atoms with Crippen LogP contribution in [0.1, 0.15) is 49.1 Å². The third kappa shape index (κ3) is 6.54. The Kier molecular flexibility index (Phi) is 7.96. The van der Waals surface area contributed by atoms with Gasteiger partial charge in [-0.1, -0.05) is 30.3 Å². The predicted octanol–water partition coefficient (Wildman–Crippen LogP) is 4.28. The molecular formula is C22H22N2O3. The Balaban J connectivity index is 0.000000817. The van der Waals surface area contributed by atoms with Crippen molar-refractivity contribution in [3.05, 3.63) is 65.7 Å². The van der Waals surface area contributed by atoms with Crippen molar-refractivity contribution in [1.82, 2.24) is 0 Å². The van der Waals surface area contributed by atoms with Crippen molar-refractivity contribution in [3.8, 4) is 6.07 Å². The van der Waals surface area contributed by atoms with Crippen molar-refractivity contribution < 1.29 is 14.4 Å². The summed E-state index contributed by atoms with van der Waals surface area (Å²) in [5, 5.41) is 11.7. The van der Waals surface area contributed by atoms with E-state index in [1.54, 1.807) is 24.3 Å². The van der Waals surface area contributed by atoms with Crippen LogP contribution in [0.5, 0.6) is 0 Å². The van der Waals surface area contributed by atoms with Crippen LogP contribution in [0.25, 0.3) is 0 Å². The Morgan fingerprint density at radius 2 is 1.56 bits per heavy atom. The van der Waals surface area contributed by atoms with Crippen LogP contribution >= 0.6 is 0 Å².